The zero-order valence-electron chi connectivity index (χ0n) is 7.63. The van der Waals surface area contributed by atoms with Gasteiger partial charge in [-0.15, -0.1) is 12.3 Å². The van der Waals surface area contributed by atoms with E-state index in [0.29, 0.717) is 25.9 Å². The Morgan fingerprint density at radius 1 is 1.77 bits per heavy atom. The predicted octanol–water partition coefficient (Wildman–Crippen LogP) is 0.922. The molecule has 1 rings (SSSR count). The minimum atomic E-state index is -0.938. The van der Waals surface area contributed by atoms with Crippen LogP contribution in [0.4, 0.5) is 0 Å². The van der Waals surface area contributed by atoms with Gasteiger partial charge in [0.15, 0.2) is 0 Å². The molecule has 0 amide bonds. The first kappa shape index (κ1) is 9.79. The molecule has 0 saturated carbocycles. The standard InChI is InChI=1S/C10H12O3/c1-3-4-5-10(8(2)11)6-7-13-9(10)12/h1H,4-7H2,2H3. The number of carbonyl (C=O) groups excluding carboxylic acids is 2. The lowest BCUT2D eigenvalue weighted by atomic mass is 9.78. The molecule has 1 saturated heterocycles. The maximum absolute atomic E-state index is 11.3. The van der Waals surface area contributed by atoms with Crippen molar-refractivity contribution in [2.24, 2.45) is 5.41 Å². The van der Waals surface area contributed by atoms with Crippen LogP contribution in [0.1, 0.15) is 26.2 Å². The van der Waals surface area contributed by atoms with Gasteiger partial charge in [0.1, 0.15) is 11.2 Å². The molecule has 0 bridgehead atoms. The van der Waals surface area contributed by atoms with E-state index in [-0.39, 0.29) is 5.78 Å². The van der Waals surface area contributed by atoms with Gasteiger partial charge in [-0.2, -0.15) is 0 Å². The molecule has 0 aromatic rings. The van der Waals surface area contributed by atoms with Gasteiger partial charge in [-0.3, -0.25) is 9.59 Å². The highest BCUT2D eigenvalue weighted by atomic mass is 16.5. The second-order valence-corrected chi connectivity index (χ2v) is 3.23. The Kier molecular flexibility index (Phi) is 2.72. The molecule has 0 spiro atoms. The number of ether oxygens (including phenoxy) is 1. The Morgan fingerprint density at radius 3 is 2.85 bits per heavy atom. The van der Waals surface area contributed by atoms with Crippen LogP contribution in [-0.4, -0.2) is 18.4 Å². The smallest absolute Gasteiger partial charge is 0.319 e. The lowest BCUT2D eigenvalue weighted by Gasteiger charge is -2.19. The molecule has 0 aliphatic carbocycles. The fourth-order valence-corrected chi connectivity index (χ4v) is 1.57. The van der Waals surface area contributed by atoms with E-state index in [0.717, 1.165) is 0 Å². The van der Waals surface area contributed by atoms with Crippen LogP contribution in [0.3, 0.4) is 0 Å². The van der Waals surface area contributed by atoms with Crippen molar-refractivity contribution in [2.75, 3.05) is 6.61 Å². The maximum Gasteiger partial charge on any atom is 0.319 e. The summed E-state index contributed by atoms with van der Waals surface area (Å²) in [6, 6.07) is 0. The van der Waals surface area contributed by atoms with Crippen molar-refractivity contribution in [3.63, 3.8) is 0 Å². The number of hydrogen-bond donors (Lipinski definition) is 0. The van der Waals surface area contributed by atoms with Gasteiger partial charge in [-0.25, -0.2) is 0 Å². The molecule has 0 aromatic heterocycles. The van der Waals surface area contributed by atoms with Gasteiger partial charge in [0.05, 0.1) is 6.61 Å². The van der Waals surface area contributed by atoms with Crippen LogP contribution in [0.2, 0.25) is 0 Å². The van der Waals surface area contributed by atoms with Crippen molar-refractivity contribution in [3.05, 3.63) is 0 Å². The Bertz CT molecular complexity index is 274. The quantitative estimate of drug-likeness (QED) is 0.368. The zero-order chi connectivity index (χ0) is 9.90. The second-order valence-electron chi connectivity index (χ2n) is 3.23. The number of hydrogen-bond acceptors (Lipinski definition) is 3. The van der Waals surface area contributed by atoms with Crippen molar-refractivity contribution in [1.82, 2.24) is 0 Å². The van der Waals surface area contributed by atoms with E-state index in [1.54, 1.807) is 0 Å². The summed E-state index contributed by atoms with van der Waals surface area (Å²) >= 11 is 0. The number of carbonyl (C=O) groups is 2. The molecular weight excluding hydrogens is 168 g/mol. The lowest BCUT2D eigenvalue weighted by molar-refractivity contribution is -0.151. The highest BCUT2D eigenvalue weighted by Crippen LogP contribution is 2.35. The number of terminal acetylenes is 1. The van der Waals surface area contributed by atoms with Crippen LogP contribution in [0, 0.1) is 17.8 Å². The van der Waals surface area contributed by atoms with Crippen molar-refractivity contribution >= 4 is 11.8 Å². The van der Waals surface area contributed by atoms with Gasteiger partial charge < -0.3 is 4.74 Å². The molecule has 0 aromatic carbocycles. The minimum absolute atomic E-state index is 0.134. The first-order valence-electron chi connectivity index (χ1n) is 4.25. The minimum Gasteiger partial charge on any atom is -0.465 e. The number of Topliss-reactive ketones (excluding diaryl/α,β-unsaturated/α-hetero) is 1. The van der Waals surface area contributed by atoms with Gasteiger partial charge in [0.2, 0.25) is 0 Å². The summed E-state index contributed by atoms with van der Waals surface area (Å²) in [6.07, 6.45) is 6.43. The largest absolute Gasteiger partial charge is 0.465 e. The van der Waals surface area contributed by atoms with Crippen LogP contribution in [-0.2, 0) is 14.3 Å². The van der Waals surface area contributed by atoms with E-state index in [1.165, 1.54) is 6.92 Å². The van der Waals surface area contributed by atoms with Crippen molar-refractivity contribution in [3.8, 4) is 12.3 Å². The summed E-state index contributed by atoms with van der Waals surface area (Å²) in [6.45, 7) is 1.76. The predicted molar refractivity (Wildman–Crippen MR) is 46.8 cm³/mol. The summed E-state index contributed by atoms with van der Waals surface area (Å²) in [4.78, 5) is 22.6. The zero-order valence-corrected chi connectivity index (χ0v) is 7.63. The van der Waals surface area contributed by atoms with Crippen LogP contribution in [0.15, 0.2) is 0 Å². The van der Waals surface area contributed by atoms with E-state index in [2.05, 4.69) is 5.92 Å². The van der Waals surface area contributed by atoms with Gasteiger partial charge >= 0.3 is 5.97 Å². The first-order chi connectivity index (χ1) is 6.13. The molecule has 3 heteroatoms. The highest BCUT2D eigenvalue weighted by molar-refractivity contribution is 6.03. The number of rotatable bonds is 3. The molecule has 1 heterocycles. The monoisotopic (exact) mass is 180 g/mol. The topological polar surface area (TPSA) is 43.4 Å². The average molecular weight is 180 g/mol. The van der Waals surface area contributed by atoms with Crippen LogP contribution < -0.4 is 0 Å². The van der Waals surface area contributed by atoms with Gasteiger partial charge in [-0.05, 0) is 13.3 Å². The van der Waals surface area contributed by atoms with E-state index in [4.69, 9.17) is 11.2 Å². The summed E-state index contributed by atoms with van der Waals surface area (Å²) in [7, 11) is 0. The van der Waals surface area contributed by atoms with E-state index < -0.39 is 11.4 Å². The fourth-order valence-electron chi connectivity index (χ4n) is 1.57. The van der Waals surface area contributed by atoms with Gasteiger partial charge in [0, 0.05) is 12.8 Å². The molecule has 1 aliphatic heterocycles. The van der Waals surface area contributed by atoms with Crippen molar-refractivity contribution in [2.45, 2.75) is 26.2 Å². The summed E-state index contributed by atoms with van der Waals surface area (Å²) in [5.41, 5.74) is -0.938. The third kappa shape index (κ3) is 1.57. The van der Waals surface area contributed by atoms with Crippen molar-refractivity contribution in [1.29, 1.82) is 0 Å². The Balaban J connectivity index is 2.82. The summed E-state index contributed by atoms with van der Waals surface area (Å²) in [5, 5.41) is 0. The third-order valence-electron chi connectivity index (χ3n) is 2.52. The Labute approximate surface area is 77.5 Å². The summed E-state index contributed by atoms with van der Waals surface area (Å²) < 4.78 is 4.80. The third-order valence-corrected chi connectivity index (χ3v) is 2.52. The maximum atomic E-state index is 11.3. The molecule has 0 radical (unpaired) electrons. The van der Waals surface area contributed by atoms with Crippen LogP contribution in [0.5, 0.6) is 0 Å². The number of esters is 1. The van der Waals surface area contributed by atoms with Crippen LogP contribution >= 0.6 is 0 Å². The SMILES string of the molecule is C#CCCC1(C(C)=O)CCOC1=O. The average Bonchev–Trinajstić information content (AvgIpc) is 2.45. The highest BCUT2D eigenvalue weighted by Gasteiger charge is 2.47. The molecule has 0 N–H and O–H groups in total. The van der Waals surface area contributed by atoms with E-state index in [1.807, 2.05) is 0 Å². The molecule has 1 atom stereocenters. The normalized spacial score (nSPS) is 26.6. The van der Waals surface area contributed by atoms with Gasteiger partial charge in [0.25, 0.3) is 0 Å². The molecule has 13 heavy (non-hydrogen) atoms. The molecule has 1 fully saturated rings. The Morgan fingerprint density at radius 2 is 2.46 bits per heavy atom. The number of ketones is 1. The molecule has 1 unspecified atom stereocenters. The van der Waals surface area contributed by atoms with E-state index >= 15 is 0 Å². The lowest BCUT2D eigenvalue weighted by Crippen LogP contribution is -2.33. The number of cyclic esters (lactones) is 1. The van der Waals surface area contributed by atoms with Crippen LogP contribution in [0.25, 0.3) is 0 Å². The van der Waals surface area contributed by atoms with Crippen molar-refractivity contribution < 1.29 is 14.3 Å². The fraction of sp³-hybridized carbons (Fsp3) is 0.600. The Hall–Kier alpha value is -1.30. The first-order valence-corrected chi connectivity index (χ1v) is 4.25. The molecule has 3 nitrogen and oxygen atoms in total. The van der Waals surface area contributed by atoms with E-state index in [9.17, 15) is 9.59 Å². The molecular formula is C10H12O3. The van der Waals surface area contributed by atoms with Gasteiger partial charge in [-0.1, -0.05) is 0 Å². The summed E-state index contributed by atoms with van der Waals surface area (Å²) in [5.74, 6) is 1.89. The molecule has 1 aliphatic rings. The molecule has 70 valence electrons. The second kappa shape index (κ2) is 3.61.